The molecule has 0 saturated carbocycles. The van der Waals surface area contributed by atoms with E-state index in [0.29, 0.717) is 11.5 Å². The number of aryl methyl sites for hydroxylation is 2. The number of fused-ring (bicyclic) bond motifs is 3. The quantitative estimate of drug-likeness (QED) is 0.130. The molecule has 1 aliphatic rings. The molecule has 306 valence electrons. The van der Waals surface area contributed by atoms with Gasteiger partial charge in [0.1, 0.15) is 11.5 Å². The fourth-order valence-corrected chi connectivity index (χ4v) is 6.27. The summed E-state index contributed by atoms with van der Waals surface area (Å²) in [4.78, 5) is 0. The average molecular weight is 965 g/mol. The second kappa shape index (κ2) is 27.4. The van der Waals surface area contributed by atoms with Gasteiger partial charge in [-0.05, 0) is 71.5 Å². The third kappa shape index (κ3) is 14.5. The minimum Gasteiger partial charge on any atom is -0.533 e. The molecule has 0 heterocycles. The van der Waals surface area contributed by atoms with Crippen LogP contribution in [0.1, 0.15) is 61.1 Å². The zero-order valence-electron chi connectivity index (χ0n) is 35.3. The number of aromatic hydroxyl groups is 4. The van der Waals surface area contributed by atoms with Crippen molar-refractivity contribution in [2.24, 2.45) is 0 Å². The van der Waals surface area contributed by atoms with Crippen LogP contribution in [0.25, 0.3) is 11.1 Å². The third-order valence-electron chi connectivity index (χ3n) is 8.84. The standard InChI is InChI=1S/C25H18O2.2C7H8.2C6H5O.2C2H6.W/c26-19-13-9-17(10-14-19)25(18-11-15-20(27)16-12-18)23-7-3-1-5-21(23)22-6-2-4-8-24(22)25;2*1-7-5-3-2-4-6-7;2*7-6-4-2-1-3-5-6;2*1-2;/h1-16,26-27H;2*2-6H,1H3;2*2-5,7H;2*1-2H3;/q;;;2*-1;;;+2. The zero-order chi connectivity index (χ0) is 42.9. The van der Waals surface area contributed by atoms with Crippen LogP contribution in [0.4, 0.5) is 0 Å². The van der Waals surface area contributed by atoms with Gasteiger partial charge in [0, 0.05) is 11.5 Å². The van der Waals surface area contributed by atoms with Crippen LogP contribution < -0.4 is 0 Å². The van der Waals surface area contributed by atoms with Gasteiger partial charge >= 0.3 is 21.1 Å². The minimum atomic E-state index is -0.491. The summed E-state index contributed by atoms with van der Waals surface area (Å²) in [6, 6.07) is 70.9. The summed E-state index contributed by atoms with van der Waals surface area (Å²) in [6.07, 6.45) is 0. The maximum atomic E-state index is 9.85. The fourth-order valence-electron chi connectivity index (χ4n) is 6.27. The zero-order valence-corrected chi connectivity index (χ0v) is 38.3. The van der Waals surface area contributed by atoms with E-state index in [1.165, 1.54) is 33.4 Å². The topological polar surface area (TPSA) is 80.9 Å². The van der Waals surface area contributed by atoms with Crippen molar-refractivity contribution < 1.29 is 41.5 Å². The van der Waals surface area contributed by atoms with Gasteiger partial charge in [-0.1, -0.05) is 172 Å². The van der Waals surface area contributed by atoms with Gasteiger partial charge in [-0.15, -0.1) is 24.3 Å². The van der Waals surface area contributed by atoms with Crippen LogP contribution in [0.3, 0.4) is 0 Å². The van der Waals surface area contributed by atoms with Crippen molar-refractivity contribution in [3.05, 3.63) is 252 Å². The summed E-state index contributed by atoms with van der Waals surface area (Å²) in [6.45, 7) is 12.2. The second-order valence-corrected chi connectivity index (χ2v) is 12.8. The Morgan fingerprint density at radius 2 is 0.600 bits per heavy atom. The Bertz CT molecular complexity index is 2050. The van der Waals surface area contributed by atoms with E-state index in [-0.39, 0.29) is 32.6 Å². The van der Waals surface area contributed by atoms with E-state index in [1.807, 2.05) is 88.4 Å². The van der Waals surface area contributed by atoms with Crippen LogP contribution in [0.2, 0.25) is 0 Å². The molecular formula is C55H56O4W. The Balaban J connectivity index is 0.000000305. The summed E-state index contributed by atoms with van der Waals surface area (Å²) in [7, 11) is 0. The minimum absolute atomic E-state index is 0. The molecule has 8 aromatic carbocycles. The van der Waals surface area contributed by atoms with Crippen molar-refractivity contribution in [2.45, 2.75) is 47.0 Å². The summed E-state index contributed by atoms with van der Waals surface area (Å²) in [5.41, 5.74) is 9.18. The van der Waals surface area contributed by atoms with E-state index in [9.17, 15) is 10.2 Å². The Morgan fingerprint density at radius 3 is 0.850 bits per heavy atom. The first-order valence-electron chi connectivity index (χ1n) is 19.9. The molecule has 0 bridgehead atoms. The fraction of sp³-hybridized carbons (Fsp3) is 0.127. The van der Waals surface area contributed by atoms with Crippen molar-refractivity contribution in [1.29, 1.82) is 0 Å². The summed E-state index contributed by atoms with van der Waals surface area (Å²) in [5.74, 6) is 1.08. The van der Waals surface area contributed by atoms with Gasteiger partial charge in [0.25, 0.3) is 0 Å². The van der Waals surface area contributed by atoms with E-state index >= 15 is 0 Å². The number of hydrogen-bond donors (Lipinski definition) is 4. The molecule has 0 amide bonds. The Hall–Kier alpha value is -6.35. The number of benzene rings is 8. The number of hydrogen-bond acceptors (Lipinski definition) is 4. The first-order valence-corrected chi connectivity index (χ1v) is 19.9. The molecule has 0 saturated heterocycles. The van der Waals surface area contributed by atoms with Crippen molar-refractivity contribution in [3.63, 3.8) is 0 Å². The van der Waals surface area contributed by atoms with E-state index < -0.39 is 5.41 Å². The van der Waals surface area contributed by atoms with Crippen molar-refractivity contribution in [1.82, 2.24) is 0 Å². The van der Waals surface area contributed by atoms with E-state index in [2.05, 4.69) is 98.8 Å². The van der Waals surface area contributed by atoms with Crippen LogP contribution in [-0.4, -0.2) is 20.4 Å². The van der Waals surface area contributed by atoms with Crippen LogP contribution in [0, 0.1) is 26.0 Å². The maximum Gasteiger partial charge on any atom is 2.00 e. The number of phenolic OH excluding ortho intramolecular Hbond substituents is 4. The van der Waals surface area contributed by atoms with Crippen molar-refractivity contribution in [2.75, 3.05) is 0 Å². The summed E-state index contributed by atoms with van der Waals surface area (Å²) < 4.78 is 0. The predicted molar refractivity (Wildman–Crippen MR) is 246 cm³/mol. The molecule has 0 spiro atoms. The van der Waals surface area contributed by atoms with Gasteiger partial charge < -0.3 is 20.4 Å². The molecule has 0 aromatic heterocycles. The Labute approximate surface area is 372 Å². The Morgan fingerprint density at radius 1 is 0.333 bits per heavy atom. The van der Waals surface area contributed by atoms with Crippen molar-refractivity contribution in [3.8, 4) is 34.1 Å². The van der Waals surface area contributed by atoms with E-state index in [0.717, 1.165) is 11.1 Å². The smallest absolute Gasteiger partial charge is 0.533 e. The van der Waals surface area contributed by atoms with Gasteiger partial charge in [0.2, 0.25) is 0 Å². The van der Waals surface area contributed by atoms with Gasteiger partial charge in [-0.2, -0.15) is 36.4 Å². The molecule has 4 N–H and O–H groups in total. The average Bonchev–Trinajstić information content (AvgIpc) is 3.59. The van der Waals surface area contributed by atoms with Crippen LogP contribution in [-0.2, 0) is 26.5 Å². The number of phenols is 4. The monoisotopic (exact) mass is 964 g/mol. The molecule has 1 aliphatic carbocycles. The number of rotatable bonds is 2. The predicted octanol–water partition coefficient (Wildman–Crippen LogP) is 13.9. The Kier molecular flexibility index (Phi) is 22.7. The SMILES string of the molecule is CC.CC.Cc1ccccc1.Cc1ccccc1.Oc1cc[c-]cc1.Oc1cc[c-]cc1.Oc1ccc(C2(c3ccc(O)cc3)c3ccccc3-c3ccccc32)cc1.[W+2]. The molecule has 4 nitrogen and oxygen atoms in total. The molecule has 0 aliphatic heterocycles. The molecule has 0 radical (unpaired) electrons. The first kappa shape index (κ1) is 49.8. The third-order valence-corrected chi connectivity index (χ3v) is 8.84. The van der Waals surface area contributed by atoms with E-state index in [1.54, 1.807) is 72.8 Å². The van der Waals surface area contributed by atoms with Gasteiger partial charge in [0.15, 0.2) is 0 Å². The summed E-state index contributed by atoms with van der Waals surface area (Å²) >= 11 is 0. The van der Waals surface area contributed by atoms with Crippen LogP contribution >= 0.6 is 0 Å². The summed E-state index contributed by atoms with van der Waals surface area (Å²) in [5, 5.41) is 36.9. The normalized spacial score (nSPS) is 10.4. The molecule has 5 heteroatoms. The molecule has 0 atom stereocenters. The van der Waals surface area contributed by atoms with Crippen LogP contribution in [0.5, 0.6) is 23.0 Å². The molecule has 0 fully saturated rings. The van der Waals surface area contributed by atoms with E-state index in [4.69, 9.17) is 10.2 Å². The molecule has 60 heavy (non-hydrogen) atoms. The maximum absolute atomic E-state index is 9.85. The van der Waals surface area contributed by atoms with Gasteiger partial charge in [-0.25, -0.2) is 0 Å². The van der Waals surface area contributed by atoms with Gasteiger partial charge in [0.05, 0.1) is 5.41 Å². The molecule has 0 unspecified atom stereocenters. The van der Waals surface area contributed by atoms with Gasteiger partial charge in [-0.3, -0.25) is 0 Å². The molecule has 8 aromatic rings. The molecular weight excluding hydrogens is 908 g/mol. The van der Waals surface area contributed by atoms with Crippen molar-refractivity contribution >= 4 is 0 Å². The van der Waals surface area contributed by atoms with Crippen LogP contribution in [0.15, 0.2) is 206 Å². The second-order valence-electron chi connectivity index (χ2n) is 12.8. The largest absolute Gasteiger partial charge is 2.00 e. The first-order chi connectivity index (χ1) is 28.8. The molecule has 9 rings (SSSR count).